The van der Waals surface area contributed by atoms with Crippen LogP contribution in [-0.2, 0) is 20.2 Å². The topological polar surface area (TPSA) is 161 Å². The van der Waals surface area contributed by atoms with Crippen molar-refractivity contribution in [3.63, 3.8) is 0 Å². The Morgan fingerprint density at radius 3 is 1.15 bits per heavy atom. The highest BCUT2D eigenvalue weighted by atomic mass is 35.5. The Bertz CT molecular complexity index is 416. The summed E-state index contributed by atoms with van der Waals surface area (Å²) in [6.07, 6.45) is 4.26. The third kappa shape index (κ3) is 49.6. The van der Waals surface area contributed by atoms with Crippen LogP contribution in [-0.4, -0.2) is 74.0 Å². The fraction of sp³-hybridized carbons (Fsp3) is 1.00. The molecule has 0 bridgehead atoms. The Morgan fingerprint density at radius 2 is 1.00 bits per heavy atom. The first-order chi connectivity index (χ1) is 11.5. The predicted molar refractivity (Wildman–Crippen MR) is 106 cm³/mol. The van der Waals surface area contributed by atoms with Gasteiger partial charge in [0.25, 0.3) is 20.2 Å². The van der Waals surface area contributed by atoms with E-state index in [2.05, 4.69) is 5.32 Å². The minimum atomic E-state index is -3.69. The molecule has 0 spiro atoms. The Morgan fingerprint density at radius 1 is 0.692 bits per heavy atom. The summed E-state index contributed by atoms with van der Waals surface area (Å²) in [6, 6.07) is 0. The molecule has 12 heteroatoms. The van der Waals surface area contributed by atoms with Gasteiger partial charge in [0.1, 0.15) is 0 Å². The summed E-state index contributed by atoms with van der Waals surface area (Å²) in [6.45, 7) is 5.90. The lowest BCUT2D eigenvalue weighted by atomic mass is 10.4. The molecule has 0 unspecified atom stereocenters. The summed E-state index contributed by atoms with van der Waals surface area (Å²) in [5.74, 6) is -0.215. The second kappa shape index (κ2) is 23.0. The number of aliphatic hydroxyl groups excluding tert-OH is 2. The van der Waals surface area contributed by atoms with Crippen LogP contribution >= 0.6 is 12.4 Å². The highest BCUT2D eigenvalue weighted by Gasteiger charge is 2.00. The summed E-state index contributed by atoms with van der Waals surface area (Å²) in [5.41, 5.74) is 0. The Kier molecular flexibility index (Phi) is 29.7. The Balaban J connectivity index is -0.000000137. The molecule has 26 heavy (non-hydrogen) atoms. The quantitative estimate of drug-likeness (QED) is 0.219. The Labute approximate surface area is 164 Å². The maximum absolute atomic E-state index is 9.95. The van der Waals surface area contributed by atoms with Gasteiger partial charge in [-0.1, -0.05) is 26.7 Å². The van der Waals surface area contributed by atoms with Crippen LogP contribution in [0.5, 0.6) is 0 Å². The van der Waals surface area contributed by atoms with E-state index in [1.807, 2.05) is 13.8 Å². The zero-order valence-electron chi connectivity index (χ0n) is 15.6. The van der Waals surface area contributed by atoms with Crippen LogP contribution in [0.2, 0.25) is 0 Å². The number of aliphatic hydroxyl groups is 2. The number of hydrogen-bond acceptors (Lipinski definition) is 7. The van der Waals surface area contributed by atoms with Crippen molar-refractivity contribution < 1.29 is 36.2 Å². The molecule has 0 aromatic heterocycles. The average Bonchev–Trinajstić information content (AvgIpc) is 2.51. The lowest BCUT2D eigenvalue weighted by molar-refractivity contribution is 0.276. The smallest absolute Gasteiger partial charge is 0.264 e. The molecule has 0 atom stereocenters. The molecule has 0 aromatic rings. The Hall–Kier alpha value is -0.0100. The molecule has 0 aliphatic heterocycles. The van der Waals surface area contributed by atoms with Crippen LogP contribution in [0.4, 0.5) is 0 Å². The molecule has 5 N–H and O–H groups in total. The molecule has 0 saturated carbocycles. The van der Waals surface area contributed by atoms with Crippen molar-refractivity contribution in [1.29, 1.82) is 0 Å². The second-order valence-corrected chi connectivity index (χ2v) is 8.33. The molecular formula is C14H36ClNO8S2. The third-order valence-electron chi connectivity index (χ3n) is 2.54. The van der Waals surface area contributed by atoms with E-state index < -0.39 is 20.2 Å². The van der Waals surface area contributed by atoms with E-state index >= 15 is 0 Å². The van der Waals surface area contributed by atoms with Crippen molar-refractivity contribution in [2.75, 3.05) is 37.8 Å². The average molecular weight is 446 g/mol. The van der Waals surface area contributed by atoms with Gasteiger partial charge in [-0.05, 0) is 38.8 Å². The van der Waals surface area contributed by atoms with E-state index in [1.165, 1.54) is 0 Å². The molecule has 0 radical (unpaired) electrons. The molecule has 164 valence electrons. The predicted octanol–water partition coefficient (Wildman–Crippen LogP) is 1.11. The SMILES string of the molecule is CCCCS(=O)(=O)O.CCCCS(=O)(=O)O.Cl.OCCCNCCCO. The van der Waals surface area contributed by atoms with Gasteiger partial charge in [0.05, 0.1) is 11.5 Å². The van der Waals surface area contributed by atoms with Gasteiger partial charge in [-0.15, -0.1) is 12.4 Å². The number of rotatable bonds is 12. The molecular weight excluding hydrogens is 410 g/mol. The van der Waals surface area contributed by atoms with Crippen LogP contribution in [0.3, 0.4) is 0 Å². The van der Waals surface area contributed by atoms with Crippen LogP contribution in [0.25, 0.3) is 0 Å². The monoisotopic (exact) mass is 445 g/mol. The molecule has 0 amide bonds. The maximum atomic E-state index is 9.95. The van der Waals surface area contributed by atoms with Gasteiger partial charge >= 0.3 is 0 Å². The molecule has 0 rings (SSSR count). The summed E-state index contributed by atoms with van der Waals surface area (Å²) in [4.78, 5) is 0. The lowest BCUT2D eigenvalue weighted by Gasteiger charge is -1.99. The molecule has 0 aliphatic rings. The highest BCUT2D eigenvalue weighted by molar-refractivity contribution is 7.86. The van der Waals surface area contributed by atoms with E-state index in [1.54, 1.807) is 0 Å². The summed E-state index contributed by atoms with van der Waals surface area (Å²) in [5, 5.41) is 19.7. The van der Waals surface area contributed by atoms with Gasteiger partial charge in [-0.3, -0.25) is 9.11 Å². The molecule has 9 nitrogen and oxygen atoms in total. The number of halogens is 1. The molecule has 0 heterocycles. The largest absolute Gasteiger partial charge is 0.396 e. The number of hydrogen-bond donors (Lipinski definition) is 5. The molecule has 0 aliphatic carbocycles. The number of nitrogens with one attached hydrogen (secondary N) is 1. The zero-order valence-corrected chi connectivity index (χ0v) is 18.1. The van der Waals surface area contributed by atoms with E-state index in [9.17, 15) is 16.8 Å². The van der Waals surface area contributed by atoms with Crippen molar-refractivity contribution in [3.8, 4) is 0 Å². The van der Waals surface area contributed by atoms with Crippen LogP contribution in [0, 0.1) is 0 Å². The standard InChI is InChI=1S/C6H15NO2.2C4H10O3S.ClH/c8-5-1-3-7-4-2-6-9;2*1-2-3-4-8(5,6)7;/h7-9H,1-6H2;2*2-4H2,1H3,(H,5,6,7);1H. The van der Waals surface area contributed by atoms with Crippen LogP contribution in [0.15, 0.2) is 0 Å². The van der Waals surface area contributed by atoms with Gasteiger partial charge in [-0.25, -0.2) is 0 Å². The van der Waals surface area contributed by atoms with Crippen molar-refractivity contribution in [1.82, 2.24) is 5.32 Å². The summed E-state index contributed by atoms with van der Waals surface area (Å²) < 4.78 is 56.0. The third-order valence-corrected chi connectivity index (χ3v) is 4.14. The summed E-state index contributed by atoms with van der Waals surface area (Å²) in [7, 11) is -7.37. The van der Waals surface area contributed by atoms with Crippen molar-refractivity contribution in [3.05, 3.63) is 0 Å². The maximum Gasteiger partial charge on any atom is 0.264 e. The van der Waals surface area contributed by atoms with E-state index in [0.29, 0.717) is 12.8 Å². The van der Waals surface area contributed by atoms with Crippen molar-refractivity contribution in [2.45, 2.75) is 52.4 Å². The first-order valence-corrected chi connectivity index (χ1v) is 11.6. The lowest BCUT2D eigenvalue weighted by Crippen LogP contribution is -2.18. The van der Waals surface area contributed by atoms with Gasteiger partial charge < -0.3 is 15.5 Å². The van der Waals surface area contributed by atoms with Crippen molar-refractivity contribution >= 4 is 32.6 Å². The van der Waals surface area contributed by atoms with Gasteiger partial charge in [0, 0.05) is 13.2 Å². The van der Waals surface area contributed by atoms with E-state index in [4.69, 9.17) is 19.3 Å². The van der Waals surface area contributed by atoms with Gasteiger partial charge in [-0.2, -0.15) is 16.8 Å². The fourth-order valence-electron chi connectivity index (χ4n) is 1.19. The highest BCUT2D eigenvalue weighted by Crippen LogP contribution is 1.91. The van der Waals surface area contributed by atoms with Crippen LogP contribution < -0.4 is 5.32 Å². The minimum Gasteiger partial charge on any atom is -0.396 e. The summed E-state index contributed by atoms with van der Waals surface area (Å²) >= 11 is 0. The first kappa shape index (κ1) is 33.6. The zero-order chi connectivity index (χ0) is 20.2. The van der Waals surface area contributed by atoms with E-state index in [0.717, 1.165) is 38.8 Å². The van der Waals surface area contributed by atoms with Gasteiger partial charge in [0.2, 0.25) is 0 Å². The molecule has 0 saturated heterocycles. The first-order valence-electron chi connectivity index (χ1n) is 8.36. The second-order valence-electron chi connectivity index (χ2n) is 5.18. The minimum absolute atomic E-state index is 0. The number of unbranched alkanes of at least 4 members (excludes halogenated alkanes) is 2. The van der Waals surface area contributed by atoms with Gasteiger partial charge in [0.15, 0.2) is 0 Å². The van der Waals surface area contributed by atoms with Crippen LogP contribution in [0.1, 0.15) is 52.4 Å². The molecule has 0 fully saturated rings. The van der Waals surface area contributed by atoms with Crippen molar-refractivity contribution in [2.24, 2.45) is 0 Å². The normalized spacial score (nSPS) is 10.7. The van der Waals surface area contributed by atoms with E-state index in [-0.39, 0.29) is 37.1 Å². The molecule has 0 aromatic carbocycles. The fourth-order valence-corrected chi connectivity index (χ4v) is 2.49.